The number of carbonyl (C=O) groups excluding carboxylic acids is 1. The Morgan fingerprint density at radius 3 is 2.81 bits per heavy atom. The van der Waals surface area contributed by atoms with Crippen LogP contribution < -0.4 is 0 Å². The van der Waals surface area contributed by atoms with Gasteiger partial charge in [-0.05, 0) is 81.4 Å². The molecule has 1 aromatic carbocycles. The van der Waals surface area contributed by atoms with Gasteiger partial charge in [0.2, 0.25) is 0 Å². The minimum atomic E-state index is 0.146. The van der Waals surface area contributed by atoms with Crippen LogP contribution in [0.3, 0.4) is 0 Å². The van der Waals surface area contributed by atoms with Crippen molar-refractivity contribution in [3.8, 4) is 0 Å². The van der Waals surface area contributed by atoms with Crippen LogP contribution in [0.2, 0.25) is 0 Å². The summed E-state index contributed by atoms with van der Waals surface area (Å²) in [5.74, 6) is 3.05. The standard InChI is InChI=1S/C24H31NO/c26-23-16-24(22-7-2-1-6-21(22)23)10-12-25(13-11-24)17-20-9-8-18-4-3-5-19(14-18)15-20/h1-3,5-7,18-20H,4,8-17H2/t18-,19-,20+/m0/s1. The van der Waals surface area contributed by atoms with Gasteiger partial charge in [0.15, 0.2) is 5.78 Å². The Hall–Kier alpha value is -1.41. The van der Waals surface area contributed by atoms with Crippen LogP contribution in [-0.2, 0) is 5.41 Å². The van der Waals surface area contributed by atoms with Gasteiger partial charge in [0.1, 0.15) is 0 Å². The van der Waals surface area contributed by atoms with E-state index in [-0.39, 0.29) is 5.41 Å². The molecule has 26 heavy (non-hydrogen) atoms. The molecule has 4 aliphatic rings. The molecule has 1 aromatic rings. The molecule has 138 valence electrons. The van der Waals surface area contributed by atoms with Gasteiger partial charge in [-0.2, -0.15) is 0 Å². The van der Waals surface area contributed by atoms with Crippen LogP contribution >= 0.6 is 0 Å². The number of rotatable bonds is 2. The molecule has 5 rings (SSSR count). The average molecular weight is 350 g/mol. The lowest BCUT2D eigenvalue weighted by Gasteiger charge is -2.41. The van der Waals surface area contributed by atoms with Crippen LogP contribution in [-0.4, -0.2) is 30.3 Å². The van der Waals surface area contributed by atoms with Crippen molar-refractivity contribution < 1.29 is 4.79 Å². The van der Waals surface area contributed by atoms with Crippen LogP contribution in [0.25, 0.3) is 0 Å². The van der Waals surface area contributed by atoms with Gasteiger partial charge in [-0.15, -0.1) is 0 Å². The minimum absolute atomic E-state index is 0.146. The van der Waals surface area contributed by atoms with Gasteiger partial charge in [0, 0.05) is 23.9 Å². The molecule has 1 saturated carbocycles. The van der Waals surface area contributed by atoms with Gasteiger partial charge in [-0.1, -0.05) is 36.4 Å². The molecule has 1 heterocycles. The Morgan fingerprint density at radius 2 is 1.92 bits per heavy atom. The van der Waals surface area contributed by atoms with E-state index in [0.29, 0.717) is 5.78 Å². The topological polar surface area (TPSA) is 20.3 Å². The quantitative estimate of drug-likeness (QED) is 0.701. The first-order chi connectivity index (χ1) is 12.7. The normalized spacial score (nSPS) is 33.2. The molecule has 3 atom stereocenters. The van der Waals surface area contributed by atoms with Crippen molar-refractivity contribution in [3.63, 3.8) is 0 Å². The highest BCUT2D eigenvalue weighted by molar-refractivity contribution is 6.02. The van der Waals surface area contributed by atoms with Crippen molar-refractivity contribution in [3.05, 3.63) is 47.5 Å². The number of hydrogen-bond acceptors (Lipinski definition) is 2. The molecule has 0 radical (unpaired) electrons. The molecule has 1 spiro atoms. The van der Waals surface area contributed by atoms with Gasteiger partial charge in [-0.3, -0.25) is 4.79 Å². The van der Waals surface area contributed by atoms with Crippen LogP contribution in [0.4, 0.5) is 0 Å². The number of nitrogens with zero attached hydrogens (tertiary/aromatic N) is 1. The lowest BCUT2D eigenvalue weighted by atomic mass is 9.73. The first kappa shape index (κ1) is 16.7. The van der Waals surface area contributed by atoms with Gasteiger partial charge in [0.25, 0.3) is 0 Å². The molecule has 1 saturated heterocycles. The van der Waals surface area contributed by atoms with Crippen LogP contribution in [0.1, 0.15) is 67.3 Å². The fraction of sp³-hybridized carbons (Fsp3) is 0.625. The van der Waals surface area contributed by atoms with Crippen molar-refractivity contribution >= 4 is 5.78 Å². The van der Waals surface area contributed by atoms with E-state index in [1.165, 1.54) is 57.3 Å². The summed E-state index contributed by atoms with van der Waals surface area (Å²) in [5, 5.41) is 0. The SMILES string of the molecule is O=C1CC2(CCN(C[C@@H]3CC[C@@H]4CC=C[C@H](C3)C4)CC2)c2ccccc21. The third-order valence-corrected chi connectivity index (χ3v) is 7.76. The van der Waals surface area contributed by atoms with Crippen molar-refractivity contribution in [2.45, 2.75) is 56.8 Å². The highest BCUT2D eigenvalue weighted by atomic mass is 16.1. The third kappa shape index (κ3) is 2.97. The molecular weight excluding hydrogens is 318 g/mol. The number of Topliss-reactive ketones (excluding diaryl/α,β-unsaturated/α-hetero) is 1. The van der Waals surface area contributed by atoms with E-state index in [4.69, 9.17) is 0 Å². The Morgan fingerprint density at radius 1 is 1.08 bits per heavy atom. The first-order valence-corrected chi connectivity index (χ1v) is 10.7. The Balaban J connectivity index is 1.23. The van der Waals surface area contributed by atoms with Crippen LogP contribution in [0.5, 0.6) is 0 Å². The molecule has 1 aliphatic heterocycles. The second-order valence-electron chi connectivity index (χ2n) is 9.43. The van der Waals surface area contributed by atoms with Crippen LogP contribution in [0.15, 0.2) is 36.4 Å². The zero-order valence-corrected chi connectivity index (χ0v) is 15.8. The summed E-state index contributed by atoms with van der Waals surface area (Å²) in [6.07, 6.45) is 15.0. The van der Waals surface area contributed by atoms with Gasteiger partial charge >= 0.3 is 0 Å². The number of carbonyl (C=O) groups is 1. The summed E-state index contributed by atoms with van der Waals surface area (Å²) < 4.78 is 0. The van der Waals surface area contributed by atoms with E-state index in [9.17, 15) is 4.79 Å². The summed E-state index contributed by atoms with van der Waals surface area (Å²) in [6.45, 7) is 3.62. The smallest absolute Gasteiger partial charge is 0.164 e. The zero-order chi connectivity index (χ0) is 17.6. The first-order valence-electron chi connectivity index (χ1n) is 10.7. The summed E-state index contributed by atoms with van der Waals surface area (Å²) in [6, 6.07) is 8.38. The van der Waals surface area contributed by atoms with E-state index < -0.39 is 0 Å². The van der Waals surface area contributed by atoms with Crippen LogP contribution in [0, 0.1) is 17.8 Å². The monoisotopic (exact) mass is 349 g/mol. The number of allylic oxidation sites excluding steroid dienone is 2. The Kier molecular flexibility index (Phi) is 4.27. The highest BCUT2D eigenvalue weighted by Crippen LogP contribution is 2.46. The molecule has 2 heteroatoms. The zero-order valence-electron chi connectivity index (χ0n) is 15.8. The summed E-state index contributed by atoms with van der Waals surface area (Å²) in [5.41, 5.74) is 2.49. The van der Waals surface area contributed by atoms with Crippen molar-refractivity contribution in [1.82, 2.24) is 4.90 Å². The number of fused-ring (bicyclic) bond motifs is 4. The predicted octanol–water partition coefficient (Wildman–Crippen LogP) is 4.99. The van der Waals surface area contributed by atoms with E-state index in [0.717, 1.165) is 42.6 Å². The number of hydrogen-bond donors (Lipinski definition) is 0. The van der Waals surface area contributed by atoms with E-state index in [1.54, 1.807) is 0 Å². The number of likely N-dealkylation sites (tertiary alicyclic amines) is 1. The fourth-order valence-electron chi connectivity index (χ4n) is 6.32. The maximum atomic E-state index is 12.5. The number of benzene rings is 1. The molecule has 0 amide bonds. The molecule has 3 aliphatic carbocycles. The van der Waals surface area contributed by atoms with Crippen molar-refractivity contribution in [2.75, 3.05) is 19.6 Å². The number of ketones is 1. The molecule has 2 fully saturated rings. The fourth-order valence-corrected chi connectivity index (χ4v) is 6.32. The number of piperidine rings is 1. The summed E-state index contributed by atoms with van der Waals surface area (Å²) >= 11 is 0. The highest BCUT2D eigenvalue weighted by Gasteiger charge is 2.45. The maximum absolute atomic E-state index is 12.5. The van der Waals surface area contributed by atoms with E-state index in [2.05, 4.69) is 29.2 Å². The second-order valence-corrected chi connectivity index (χ2v) is 9.43. The molecule has 0 aromatic heterocycles. The van der Waals surface area contributed by atoms with Gasteiger partial charge in [-0.25, -0.2) is 0 Å². The minimum Gasteiger partial charge on any atom is -0.303 e. The summed E-state index contributed by atoms with van der Waals surface area (Å²) in [4.78, 5) is 15.2. The molecule has 2 nitrogen and oxygen atoms in total. The lowest BCUT2D eigenvalue weighted by Crippen LogP contribution is -2.43. The Bertz CT molecular complexity index is 713. The van der Waals surface area contributed by atoms with Gasteiger partial charge < -0.3 is 4.90 Å². The van der Waals surface area contributed by atoms with E-state index in [1.807, 2.05) is 12.1 Å². The molecule has 0 N–H and O–H groups in total. The molecular formula is C24H31NO. The van der Waals surface area contributed by atoms with Gasteiger partial charge in [0.05, 0.1) is 0 Å². The maximum Gasteiger partial charge on any atom is 0.164 e. The summed E-state index contributed by atoms with van der Waals surface area (Å²) in [7, 11) is 0. The predicted molar refractivity (Wildman–Crippen MR) is 105 cm³/mol. The average Bonchev–Trinajstić information content (AvgIpc) is 2.86. The van der Waals surface area contributed by atoms with E-state index >= 15 is 0 Å². The molecule has 0 unspecified atom stereocenters. The van der Waals surface area contributed by atoms with Crippen molar-refractivity contribution in [1.29, 1.82) is 0 Å². The molecule has 2 bridgehead atoms. The van der Waals surface area contributed by atoms with Crippen molar-refractivity contribution in [2.24, 2.45) is 17.8 Å². The lowest BCUT2D eigenvalue weighted by molar-refractivity contribution is 0.0919. The Labute approximate surface area is 157 Å². The second kappa shape index (κ2) is 6.64. The third-order valence-electron chi connectivity index (χ3n) is 7.76. The largest absolute Gasteiger partial charge is 0.303 e.